The van der Waals surface area contributed by atoms with E-state index in [0.717, 1.165) is 17.5 Å². The van der Waals surface area contributed by atoms with Gasteiger partial charge in [-0.1, -0.05) is 11.8 Å². The average molecular weight is 268 g/mol. The molecule has 18 heavy (non-hydrogen) atoms. The lowest BCUT2D eigenvalue weighted by Gasteiger charge is -2.14. The first-order valence-electron chi connectivity index (χ1n) is 6.28. The number of anilines is 1. The SMILES string of the molecule is CNc1cc(OCCN2CCCC2)nc(SC)n1. The molecule has 0 aromatic carbocycles. The molecule has 100 valence electrons. The zero-order valence-corrected chi connectivity index (χ0v) is 11.8. The van der Waals surface area contributed by atoms with Crippen molar-refractivity contribution in [3.8, 4) is 5.88 Å². The van der Waals surface area contributed by atoms with Crippen LogP contribution in [0.25, 0.3) is 0 Å². The summed E-state index contributed by atoms with van der Waals surface area (Å²) in [6, 6.07) is 1.84. The Balaban J connectivity index is 1.87. The molecule has 1 aromatic rings. The van der Waals surface area contributed by atoms with Crippen LogP contribution in [0.2, 0.25) is 0 Å². The maximum absolute atomic E-state index is 5.71. The second-order valence-electron chi connectivity index (χ2n) is 4.23. The zero-order valence-electron chi connectivity index (χ0n) is 11.0. The summed E-state index contributed by atoms with van der Waals surface area (Å²) in [5.41, 5.74) is 0. The lowest BCUT2D eigenvalue weighted by molar-refractivity contribution is 0.230. The quantitative estimate of drug-likeness (QED) is 0.626. The maximum Gasteiger partial charge on any atom is 0.219 e. The summed E-state index contributed by atoms with van der Waals surface area (Å²) in [6.07, 6.45) is 4.59. The van der Waals surface area contributed by atoms with Crippen molar-refractivity contribution in [2.24, 2.45) is 0 Å². The third kappa shape index (κ3) is 3.74. The number of nitrogens with one attached hydrogen (secondary N) is 1. The molecule has 1 N–H and O–H groups in total. The van der Waals surface area contributed by atoms with Crippen molar-refractivity contribution in [2.75, 3.05) is 44.9 Å². The minimum absolute atomic E-state index is 0.651. The van der Waals surface area contributed by atoms with Gasteiger partial charge in [-0.15, -0.1) is 0 Å². The highest BCUT2D eigenvalue weighted by molar-refractivity contribution is 7.98. The molecule has 0 aliphatic carbocycles. The van der Waals surface area contributed by atoms with Gasteiger partial charge in [0, 0.05) is 19.7 Å². The van der Waals surface area contributed by atoms with Crippen LogP contribution in [0.3, 0.4) is 0 Å². The van der Waals surface area contributed by atoms with Gasteiger partial charge >= 0.3 is 0 Å². The smallest absolute Gasteiger partial charge is 0.219 e. The van der Waals surface area contributed by atoms with E-state index in [1.54, 1.807) is 0 Å². The molecule has 0 amide bonds. The van der Waals surface area contributed by atoms with Gasteiger partial charge in [0.15, 0.2) is 5.16 Å². The minimum atomic E-state index is 0.651. The zero-order chi connectivity index (χ0) is 12.8. The molecule has 0 unspecified atom stereocenters. The number of hydrogen-bond acceptors (Lipinski definition) is 6. The molecule has 6 heteroatoms. The Morgan fingerprint density at radius 2 is 2.17 bits per heavy atom. The molecule has 2 rings (SSSR count). The Morgan fingerprint density at radius 3 is 2.83 bits per heavy atom. The van der Waals surface area contributed by atoms with Crippen molar-refractivity contribution >= 4 is 17.6 Å². The molecular formula is C12H20N4OS. The topological polar surface area (TPSA) is 50.3 Å². The number of likely N-dealkylation sites (tertiary alicyclic amines) is 1. The van der Waals surface area contributed by atoms with Crippen LogP contribution in [-0.4, -0.2) is 54.4 Å². The fraction of sp³-hybridized carbons (Fsp3) is 0.667. The molecule has 1 aromatic heterocycles. The molecule has 0 radical (unpaired) electrons. The summed E-state index contributed by atoms with van der Waals surface area (Å²) >= 11 is 1.52. The van der Waals surface area contributed by atoms with Gasteiger partial charge in [0.1, 0.15) is 12.4 Å². The molecule has 0 spiro atoms. The van der Waals surface area contributed by atoms with Crippen LogP contribution in [0.4, 0.5) is 5.82 Å². The highest BCUT2D eigenvalue weighted by Crippen LogP contribution is 2.18. The first-order chi connectivity index (χ1) is 8.81. The van der Waals surface area contributed by atoms with Crippen LogP contribution >= 0.6 is 11.8 Å². The largest absolute Gasteiger partial charge is 0.476 e. The molecule has 1 aliphatic rings. The summed E-state index contributed by atoms with van der Waals surface area (Å²) in [6.45, 7) is 4.07. The molecule has 1 aliphatic heterocycles. The highest BCUT2D eigenvalue weighted by Gasteiger charge is 2.11. The van der Waals surface area contributed by atoms with Crippen molar-refractivity contribution < 1.29 is 4.74 Å². The molecule has 1 saturated heterocycles. The number of thioether (sulfide) groups is 1. The number of hydrogen-bond donors (Lipinski definition) is 1. The van der Waals surface area contributed by atoms with E-state index in [0.29, 0.717) is 12.5 Å². The molecule has 0 saturated carbocycles. The lowest BCUT2D eigenvalue weighted by atomic mass is 10.4. The molecule has 2 heterocycles. The predicted molar refractivity (Wildman–Crippen MR) is 74.5 cm³/mol. The van der Waals surface area contributed by atoms with E-state index in [1.165, 1.54) is 37.7 Å². The molecule has 1 fully saturated rings. The van der Waals surface area contributed by atoms with Gasteiger partial charge in [-0.2, -0.15) is 4.98 Å². The second-order valence-corrected chi connectivity index (χ2v) is 5.00. The van der Waals surface area contributed by atoms with Crippen molar-refractivity contribution in [1.82, 2.24) is 14.9 Å². The lowest BCUT2D eigenvalue weighted by Crippen LogP contribution is -2.25. The third-order valence-corrected chi connectivity index (χ3v) is 3.52. The Labute approximate surface area is 112 Å². The fourth-order valence-corrected chi connectivity index (χ4v) is 2.35. The third-order valence-electron chi connectivity index (χ3n) is 2.98. The van der Waals surface area contributed by atoms with Gasteiger partial charge in [-0.3, -0.25) is 4.90 Å². The van der Waals surface area contributed by atoms with Crippen LogP contribution in [0, 0.1) is 0 Å². The van der Waals surface area contributed by atoms with E-state index >= 15 is 0 Å². The van der Waals surface area contributed by atoms with E-state index in [2.05, 4.69) is 20.2 Å². The monoisotopic (exact) mass is 268 g/mol. The van der Waals surface area contributed by atoms with Crippen LogP contribution in [0.5, 0.6) is 5.88 Å². The Kier molecular flexibility index (Phi) is 5.07. The van der Waals surface area contributed by atoms with Crippen LogP contribution in [-0.2, 0) is 0 Å². The van der Waals surface area contributed by atoms with Gasteiger partial charge in [-0.05, 0) is 32.2 Å². The summed E-state index contributed by atoms with van der Waals surface area (Å²) in [5.74, 6) is 1.45. The van der Waals surface area contributed by atoms with Crippen molar-refractivity contribution in [3.63, 3.8) is 0 Å². The minimum Gasteiger partial charge on any atom is -0.476 e. The van der Waals surface area contributed by atoms with E-state index < -0.39 is 0 Å². The molecule has 0 atom stereocenters. The van der Waals surface area contributed by atoms with Crippen molar-refractivity contribution in [3.05, 3.63) is 6.07 Å². The first-order valence-corrected chi connectivity index (χ1v) is 7.50. The van der Waals surface area contributed by atoms with Crippen LogP contribution < -0.4 is 10.1 Å². The maximum atomic E-state index is 5.71. The van der Waals surface area contributed by atoms with E-state index in [4.69, 9.17) is 4.74 Å². The predicted octanol–water partition coefficient (Wildman–Crippen LogP) is 1.71. The van der Waals surface area contributed by atoms with Gasteiger partial charge < -0.3 is 10.1 Å². The van der Waals surface area contributed by atoms with Crippen molar-refractivity contribution in [1.29, 1.82) is 0 Å². The average Bonchev–Trinajstić information content (AvgIpc) is 2.91. The molecule has 0 bridgehead atoms. The number of aromatic nitrogens is 2. The number of rotatable bonds is 6. The summed E-state index contributed by atoms with van der Waals surface area (Å²) in [7, 11) is 1.85. The highest BCUT2D eigenvalue weighted by atomic mass is 32.2. The van der Waals surface area contributed by atoms with Gasteiger partial charge in [-0.25, -0.2) is 4.98 Å². The normalized spacial score (nSPS) is 15.9. The first kappa shape index (κ1) is 13.4. The van der Waals surface area contributed by atoms with Gasteiger partial charge in [0.25, 0.3) is 0 Å². The van der Waals surface area contributed by atoms with E-state index in [1.807, 2.05) is 19.4 Å². The Morgan fingerprint density at radius 1 is 1.39 bits per heavy atom. The number of ether oxygens (including phenoxy) is 1. The van der Waals surface area contributed by atoms with E-state index in [-0.39, 0.29) is 0 Å². The Bertz CT molecular complexity index is 360. The standard InChI is InChI=1S/C12H20N4OS/c1-13-10-9-11(15-12(14-10)18-2)17-8-7-16-5-3-4-6-16/h9H,3-8H2,1-2H3,(H,13,14,15). The van der Waals surface area contributed by atoms with Crippen LogP contribution in [0.1, 0.15) is 12.8 Å². The van der Waals surface area contributed by atoms with Gasteiger partial charge in [0.2, 0.25) is 5.88 Å². The molecule has 5 nitrogen and oxygen atoms in total. The van der Waals surface area contributed by atoms with E-state index in [9.17, 15) is 0 Å². The Hall–Kier alpha value is -1.01. The fourth-order valence-electron chi connectivity index (χ4n) is 1.98. The second kappa shape index (κ2) is 6.80. The number of nitrogens with zero attached hydrogens (tertiary/aromatic N) is 3. The van der Waals surface area contributed by atoms with Crippen LogP contribution in [0.15, 0.2) is 11.2 Å². The molecular weight excluding hydrogens is 248 g/mol. The van der Waals surface area contributed by atoms with Gasteiger partial charge in [0.05, 0.1) is 0 Å². The van der Waals surface area contributed by atoms with Crippen molar-refractivity contribution in [2.45, 2.75) is 18.0 Å². The summed E-state index contributed by atoms with van der Waals surface area (Å²) in [4.78, 5) is 11.1. The summed E-state index contributed by atoms with van der Waals surface area (Å²) < 4.78 is 5.71. The summed E-state index contributed by atoms with van der Waals surface area (Å²) in [5, 5.41) is 3.75.